The fraction of sp³-hybridized carbons (Fsp3) is 0.0333. The first-order valence-corrected chi connectivity index (χ1v) is 21.1. The Labute approximate surface area is 363 Å². The Bertz CT molecular complexity index is 3350. The molecule has 12 rings (SSSR count). The van der Waals surface area contributed by atoms with Crippen molar-refractivity contribution in [3.05, 3.63) is 265 Å². The molecule has 0 saturated heterocycles. The van der Waals surface area contributed by atoms with Gasteiger partial charge in [0.2, 0.25) is 0 Å². The van der Waals surface area contributed by atoms with E-state index in [1.807, 2.05) is 0 Å². The molecule has 2 heterocycles. The van der Waals surface area contributed by atoms with E-state index in [2.05, 4.69) is 252 Å². The second kappa shape index (κ2) is 15.0. The molecule has 294 valence electrons. The van der Waals surface area contributed by atoms with Crippen LogP contribution in [0.25, 0.3) is 60.6 Å². The number of hydrogen-bond donors (Lipinski definition) is 0. The maximum absolute atomic E-state index is 2.44. The molecule has 1 aliphatic carbocycles. The summed E-state index contributed by atoms with van der Waals surface area (Å²) in [6.45, 7) is 0. The zero-order valence-corrected chi connectivity index (χ0v) is 33.5. The van der Waals surface area contributed by atoms with Gasteiger partial charge < -0.3 is 9.30 Å². The number of pyridine rings is 1. The third-order valence-corrected chi connectivity index (χ3v) is 12.9. The summed E-state index contributed by atoms with van der Waals surface area (Å²) in [6, 6.07) is 86.7. The van der Waals surface area contributed by atoms with Crippen molar-refractivity contribution < 1.29 is 0 Å². The number of anilines is 3. The van der Waals surface area contributed by atoms with Crippen LogP contribution < -0.4 is 4.90 Å². The topological polar surface area (TPSA) is 7.65 Å². The number of nitrogens with zero attached hydrogens (tertiary/aromatic N) is 2. The van der Waals surface area contributed by atoms with Crippen LogP contribution in [0, 0.1) is 0 Å². The molecule has 0 fully saturated rings. The van der Waals surface area contributed by atoms with E-state index < -0.39 is 5.41 Å². The third-order valence-electron chi connectivity index (χ3n) is 12.9. The Balaban J connectivity index is 0.00000432. The minimum Gasteiger partial charge on any atom is -0.316 e. The molecule has 2 heteroatoms. The fourth-order valence-corrected chi connectivity index (χ4v) is 10.2. The predicted molar refractivity (Wildman–Crippen MR) is 262 cm³/mol. The highest BCUT2D eigenvalue weighted by Crippen LogP contribution is 2.57. The molecule has 11 aromatic rings. The standard InChI is InChI=1S/C59H40N2.CH4/c1-5-17-43(18-6-1)57-55-27-15-16-38-60(55)56-37-32-42-28-29-44(39-52(42)58(56)57)41-30-33-48(34-31-41)61(47-23-11-4-12-24-47)49-35-36-51-50-25-13-14-26-53(50)59(54(51)40-49,45-19-7-2-8-20-45)46-21-9-3-10-22-46;/h1-40H;1H4. The van der Waals surface area contributed by atoms with E-state index in [0.717, 1.165) is 17.1 Å². The maximum Gasteiger partial charge on any atom is 0.0714 e. The first kappa shape index (κ1) is 37.1. The molecular formula is C60H44N2. The lowest BCUT2D eigenvalue weighted by molar-refractivity contribution is 0.768. The van der Waals surface area contributed by atoms with E-state index in [1.54, 1.807) is 0 Å². The van der Waals surface area contributed by atoms with E-state index in [9.17, 15) is 0 Å². The lowest BCUT2D eigenvalue weighted by Crippen LogP contribution is -2.28. The lowest BCUT2D eigenvalue weighted by Gasteiger charge is -2.35. The van der Waals surface area contributed by atoms with Gasteiger partial charge in [-0.3, -0.25) is 0 Å². The predicted octanol–water partition coefficient (Wildman–Crippen LogP) is 16.0. The van der Waals surface area contributed by atoms with Gasteiger partial charge in [0.1, 0.15) is 0 Å². The maximum atomic E-state index is 2.44. The van der Waals surface area contributed by atoms with Crippen molar-refractivity contribution in [1.29, 1.82) is 0 Å². The zero-order chi connectivity index (χ0) is 40.3. The normalized spacial score (nSPS) is 12.5. The van der Waals surface area contributed by atoms with E-state index >= 15 is 0 Å². The van der Waals surface area contributed by atoms with Crippen molar-refractivity contribution in [2.75, 3.05) is 4.90 Å². The van der Waals surface area contributed by atoms with E-state index in [1.165, 1.54) is 82.8 Å². The number of hydrogen-bond acceptors (Lipinski definition) is 1. The highest BCUT2D eigenvalue weighted by molar-refractivity contribution is 6.19. The summed E-state index contributed by atoms with van der Waals surface area (Å²) in [6.07, 6.45) is 2.18. The number of fused-ring (bicyclic) bond motifs is 8. The molecule has 0 saturated carbocycles. The van der Waals surface area contributed by atoms with Gasteiger partial charge in [-0.25, -0.2) is 0 Å². The van der Waals surface area contributed by atoms with Crippen molar-refractivity contribution in [2.45, 2.75) is 12.8 Å². The van der Waals surface area contributed by atoms with Crippen LogP contribution in [-0.2, 0) is 5.41 Å². The number of rotatable bonds is 7. The van der Waals surface area contributed by atoms with Crippen LogP contribution in [0.3, 0.4) is 0 Å². The van der Waals surface area contributed by atoms with Gasteiger partial charge in [0.25, 0.3) is 0 Å². The van der Waals surface area contributed by atoms with Crippen LogP contribution in [0.1, 0.15) is 29.7 Å². The molecular weight excluding hydrogens is 749 g/mol. The molecule has 0 N–H and O–H groups in total. The molecule has 1 aliphatic rings. The van der Waals surface area contributed by atoms with Crippen molar-refractivity contribution >= 4 is 44.3 Å². The Hall–Kier alpha value is -7.94. The quantitative estimate of drug-likeness (QED) is 0.156. The van der Waals surface area contributed by atoms with Gasteiger partial charge in [-0.2, -0.15) is 0 Å². The van der Waals surface area contributed by atoms with Crippen LogP contribution in [0.4, 0.5) is 17.1 Å². The van der Waals surface area contributed by atoms with Gasteiger partial charge in [0, 0.05) is 34.2 Å². The second-order valence-corrected chi connectivity index (χ2v) is 16.1. The largest absolute Gasteiger partial charge is 0.316 e. The monoisotopic (exact) mass is 792 g/mol. The molecule has 0 radical (unpaired) electrons. The van der Waals surface area contributed by atoms with Gasteiger partial charge in [-0.05, 0) is 122 Å². The fourth-order valence-electron chi connectivity index (χ4n) is 10.2. The molecule has 2 aromatic heterocycles. The first-order chi connectivity index (χ1) is 30.3. The summed E-state index contributed by atoms with van der Waals surface area (Å²) >= 11 is 0. The van der Waals surface area contributed by atoms with Crippen molar-refractivity contribution in [3.8, 4) is 33.4 Å². The smallest absolute Gasteiger partial charge is 0.0714 e. The molecule has 0 amide bonds. The average Bonchev–Trinajstić information content (AvgIpc) is 3.84. The summed E-state index contributed by atoms with van der Waals surface area (Å²) in [7, 11) is 0. The van der Waals surface area contributed by atoms with Gasteiger partial charge in [-0.15, -0.1) is 0 Å². The molecule has 0 bridgehead atoms. The van der Waals surface area contributed by atoms with Gasteiger partial charge in [0.15, 0.2) is 0 Å². The number of benzene rings is 9. The molecule has 62 heavy (non-hydrogen) atoms. The Morgan fingerprint density at radius 1 is 0.371 bits per heavy atom. The van der Waals surface area contributed by atoms with E-state index in [-0.39, 0.29) is 7.43 Å². The Morgan fingerprint density at radius 2 is 0.935 bits per heavy atom. The average molecular weight is 793 g/mol. The van der Waals surface area contributed by atoms with Crippen molar-refractivity contribution in [1.82, 2.24) is 4.40 Å². The Morgan fingerprint density at radius 3 is 1.66 bits per heavy atom. The summed E-state index contributed by atoms with van der Waals surface area (Å²) in [5.74, 6) is 0. The molecule has 0 aliphatic heterocycles. The van der Waals surface area contributed by atoms with Crippen LogP contribution in [0.2, 0.25) is 0 Å². The summed E-state index contributed by atoms with van der Waals surface area (Å²) in [4.78, 5) is 2.40. The first-order valence-electron chi connectivity index (χ1n) is 21.1. The molecule has 0 atom stereocenters. The number of para-hydroxylation sites is 1. The second-order valence-electron chi connectivity index (χ2n) is 16.1. The van der Waals surface area contributed by atoms with Crippen molar-refractivity contribution in [3.63, 3.8) is 0 Å². The van der Waals surface area contributed by atoms with Gasteiger partial charge >= 0.3 is 0 Å². The highest BCUT2D eigenvalue weighted by Gasteiger charge is 2.46. The summed E-state index contributed by atoms with van der Waals surface area (Å²) < 4.78 is 2.33. The SMILES string of the molecule is C.c1ccc(-c2c3c4cc(-c5ccc(N(c6ccccc6)c6ccc7c(c6)C(c6ccccc6)(c6ccccc6)c6ccccc6-7)cc5)ccc4ccc3n3ccccc23)cc1. The molecule has 2 nitrogen and oxygen atoms in total. The van der Waals surface area contributed by atoms with E-state index in [4.69, 9.17) is 0 Å². The van der Waals surface area contributed by atoms with Crippen molar-refractivity contribution in [2.24, 2.45) is 0 Å². The van der Waals surface area contributed by atoms with Crippen LogP contribution in [0.5, 0.6) is 0 Å². The number of aromatic nitrogens is 1. The summed E-state index contributed by atoms with van der Waals surface area (Å²) in [5, 5.41) is 3.77. The van der Waals surface area contributed by atoms with Gasteiger partial charge in [-0.1, -0.05) is 183 Å². The highest BCUT2D eigenvalue weighted by atomic mass is 15.1. The minimum absolute atomic E-state index is 0. The molecule has 9 aromatic carbocycles. The molecule has 0 unspecified atom stereocenters. The lowest BCUT2D eigenvalue weighted by atomic mass is 9.67. The Kier molecular flexibility index (Phi) is 8.95. The van der Waals surface area contributed by atoms with E-state index in [0.29, 0.717) is 0 Å². The molecule has 0 spiro atoms. The van der Waals surface area contributed by atoms with Crippen LogP contribution >= 0.6 is 0 Å². The van der Waals surface area contributed by atoms with Crippen LogP contribution in [-0.4, -0.2) is 4.40 Å². The van der Waals surface area contributed by atoms with Gasteiger partial charge in [0.05, 0.1) is 16.4 Å². The third kappa shape index (κ3) is 5.65. The summed E-state index contributed by atoms with van der Waals surface area (Å²) in [5.41, 5.74) is 17.8. The van der Waals surface area contributed by atoms with Crippen LogP contribution in [0.15, 0.2) is 243 Å². The zero-order valence-electron chi connectivity index (χ0n) is 33.5. The minimum atomic E-state index is -0.482.